The van der Waals surface area contributed by atoms with Crippen LogP contribution in [0, 0.1) is 0 Å². The Hall–Kier alpha value is -1.07. The van der Waals surface area contributed by atoms with Crippen LogP contribution in [0.3, 0.4) is 0 Å². The van der Waals surface area contributed by atoms with Crippen molar-refractivity contribution in [1.82, 2.24) is 10.3 Å². The van der Waals surface area contributed by atoms with E-state index in [1.807, 2.05) is 25.1 Å². The van der Waals surface area contributed by atoms with Gasteiger partial charge in [0.25, 0.3) is 0 Å². The van der Waals surface area contributed by atoms with Gasteiger partial charge < -0.3 is 5.32 Å². The predicted molar refractivity (Wildman–Crippen MR) is 97.9 cm³/mol. The summed E-state index contributed by atoms with van der Waals surface area (Å²) in [4.78, 5) is 16.8. The maximum absolute atomic E-state index is 12.1. The fourth-order valence-corrected chi connectivity index (χ4v) is 4.13. The number of aromatic nitrogens is 1. The molecule has 0 spiro atoms. The predicted octanol–water partition coefficient (Wildman–Crippen LogP) is 4.44. The molecule has 2 atom stereocenters. The lowest BCUT2D eigenvalue weighted by Gasteiger charge is -2.14. The van der Waals surface area contributed by atoms with Gasteiger partial charge in [-0.25, -0.2) is 4.98 Å². The molecule has 0 fully saturated rings. The number of nitrogens with zero attached hydrogens (tertiary/aromatic N) is 1. The number of benzene rings is 1. The first-order valence-corrected chi connectivity index (χ1v) is 9.73. The van der Waals surface area contributed by atoms with E-state index in [9.17, 15) is 4.79 Å². The molecule has 2 aromatic rings. The average molecular weight is 337 g/mol. The van der Waals surface area contributed by atoms with Gasteiger partial charge in [0, 0.05) is 12.5 Å². The number of amides is 1. The molecule has 0 aliphatic carbocycles. The Morgan fingerprint density at radius 1 is 1.36 bits per heavy atom. The third-order valence-corrected chi connectivity index (χ3v) is 6.06. The lowest BCUT2D eigenvalue weighted by molar-refractivity contribution is -0.120. The van der Waals surface area contributed by atoms with Crippen molar-refractivity contribution >= 4 is 39.2 Å². The summed E-state index contributed by atoms with van der Waals surface area (Å²) in [5, 5.41) is 4.17. The van der Waals surface area contributed by atoms with Crippen molar-refractivity contribution in [2.45, 2.75) is 44.8 Å². The Morgan fingerprint density at radius 2 is 2.14 bits per heavy atom. The van der Waals surface area contributed by atoms with E-state index < -0.39 is 0 Å². The fourth-order valence-electron chi connectivity index (χ4n) is 2.07. The molecule has 2 rings (SSSR count). The van der Waals surface area contributed by atoms with Crippen molar-refractivity contribution < 1.29 is 4.79 Å². The van der Waals surface area contributed by atoms with Crippen LogP contribution in [0.15, 0.2) is 24.3 Å². The first-order valence-electron chi connectivity index (χ1n) is 7.86. The van der Waals surface area contributed by atoms with Gasteiger partial charge >= 0.3 is 0 Å². The fraction of sp³-hybridized carbons (Fsp3) is 0.529. The summed E-state index contributed by atoms with van der Waals surface area (Å²) in [5.41, 5.74) is 1.05. The van der Waals surface area contributed by atoms with Gasteiger partial charge in [0.1, 0.15) is 0 Å². The standard InChI is InChI=1S/C17H24N2OS2/c1-4-5-10-21-13(3)16(20)18-11-12(2)17-19-14-8-6-7-9-15(14)22-17/h6-9,12-13H,4-5,10-11H2,1-3H3,(H,18,20). The average Bonchev–Trinajstić information content (AvgIpc) is 2.96. The van der Waals surface area contributed by atoms with Gasteiger partial charge in [-0.2, -0.15) is 0 Å². The van der Waals surface area contributed by atoms with Crippen molar-refractivity contribution in [3.8, 4) is 0 Å². The first kappa shape index (κ1) is 17.3. The van der Waals surface area contributed by atoms with Crippen molar-refractivity contribution in [1.29, 1.82) is 0 Å². The van der Waals surface area contributed by atoms with Crippen molar-refractivity contribution in [3.05, 3.63) is 29.3 Å². The number of nitrogens with one attached hydrogen (secondary N) is 1. The second-order valence-electron chi connectivity index (χ2n) is 5.53. The Balaban J connectivity index is 1.84. The molecule has 3 nitrogen and oxygen atoms in total. The van der Waals surface area contributed by atoms with E-state index in [0.717, 1.165) is 16.3 Å². The van der Waals surface area contributed by atoms with Crippen LogP contribution in [-0.4, -0.2) is 28.4 Å². The smallest absolute Gasteiger partial charge is 0.232 e. The van der Waals surface area contributed by atoms with E-state index in [4.69, 9.17) is 0 Å². The highest BCUT2D eigenvalue weighted by atomic mass is 32.2. The van der Waals surface area contributed by atoms with Crippen LogP contribution < -0.4 is 5.32 Å². The quantitative estimate of drug-likeness (QED) is 0.725. The summed E-state index contributed by atoms with van der Waals surface area (Å²) in [6.45, 7) is 6.92. The number of carbonyl (C=O) groups is 1. The molecule has 0 saturated carbocycles. The summed E-state index contributed by atoms with van der Waals surface area (Å²) in [5.74, 6) is 1.43. The van der Waals surface area contributed by atoms with E-state index in [1.54, 1.807) is 23.1 Å². The van der Waals surface area contributed by atoms with E-state index in [1.165, 1.54) is 17.5 Å². The zero-order chi connectivity index (χ0) is 15.9. The zero-order valence-corrected chi connectivity index (χ0v) is 15.1. The molecular formula is C17H24N2OS2. The molecule has 1 N–H and O–H groups in total. The Bertz CT molecular complexity index is 578. The summed E-state index contributed by atoms with van der Waals surface area (Å²) < 4.78 is 1.21. The van der Waals surface area contributed by atoms with Crippen LogP contribution in [0.2, 0.25) is 0 Å². The molecule has 0 aliphatic rings. The van der Waals surface area contributed by atoms with Crippen LogP contribution in [0.1, 0.15) is 44.5 Å². The molecule has 120 valence electrons. The van der Waals surface area contributed by atoms with Gasteiger partial charge in [-0.1, -0.05) is 32.4 Å². The molecule has 22 heavy (non-hydrogen) atoms. The van der Waals surface area contributed by atoms with Crippen molar-refractivity contribution in [2.24, 2.45) is 0 Å². The van der Waals surface area contributed by atoms with E-state index in [-0.39, 0.29) is 17.1 Å². The number of thiazole rings is 1. The second kappa shape index (κ2) is 8.53. The first-order chi connectivity index (χ1) is 10.6. The monoisotopic (exact) mass is 336 g/mol. The summed E-state index contributed by atoms with van der Waals surface area (Å²) in [7, 11) is 0. The van der Waals surface area contributed by atoms with Crippen LogP contribution in [0.25, 0.3) is 10.2 Å². The molecule has 2 unspecified atom stereocenters. The number of unbranched alkanes of at least 4 members (excludes halogenated alkanes) is 1. The van der Waals surface area contributed by atoms with Crippen molar-refractivity contribution in [2.75, 3.05) is 12.3 Å². The van der Waals surface area contributed by atoms with Gasteiger partial charge in [0.05, 0.1) is 20.5 Å². The third kappa shape index (κ3) is 4.71. The molecule has 1 amide bonds. The lowest BCUT2D eigenvalue weighted by atomic mass is 10.2. The number of rotatable bonds is 8. The highest BCUT2D eigenvalue weighted by Gasteiger charge is 2.16. The minimum atomic E-state index is 0.0223. The Labute approximate surface area is 140 Å². The van der Waals surface area contributed by atoms with Gasteiger partial charge in [-0.15, -0.1) is 23.1 Å². The molecule has 0 aliphatic heterocycles. The molecule has 0 saturated heterocycles. The normalized spacial score (nSPS) is 14.0. The molecular weight excluding hydrogens is 312 g/mol. The Morgan fingerprint density at radius 3 is 2.86 bits per heavy atom. The maximum atomic E-state index is 12.1. The number of thioether (sulfide) groups is 1. The van der Waals surface area contributed by atoms with E-state index in [0.29, 0.717) is 6.54 Å². The maximum Gasteiger partial charge on any atom is 0.232 e. The lowest BCUT2D eigenvalue weighted by Crippen LogP contribution is -2.33. The molecule has 1 heterocycles. The highest BCUT2D eigenvalue weighted by molar-refractivity contribution is 8.00. The van der Waals surface area contributed by atoms with Crippen molar-refractivity contribution in [3.63, 3.8) is 0 Å². The van der Waals surface area contributed by atoms with Gasteiger partial charge in [0.2, 0.25) is 5.91 Å². The summed E-state index contributed by atoms with van der Waals surface area (Å²) >= 11 is 3.45. The number of para-hydroxylation sites is 1. The number of hydrogen-bond acceptors (Lipinski definition) is 4. The van der Waals surface area contributed by atoms with E-state index >= 15 is 0 Å². The molecule has 5 heteroatoms. The number of hydrogen-bond donors (Lipinski definition) is 1. The molecule has 1 aromatic heterocycles. The van der Waals surface area contributed by atoms with Crippen LogP contribution >= 0.6 is 23.1 Å². The van der Waals surface area contributed by atoms with Crippen LogP contribution in [0.4, 0.5) is 0 Å². The van der Waals surface area contributed by atoms with E-state index in [2.05, 4.69) is 30.2 Å². The highest BCUT2D eigenvalue weighted by Crippen LogP contribution is 2.26. The number of carbonyl (C=O) groups excluding carboxylic acids is 1. The third-order valence-electron chi connectivity index (χ3n) is 3.55. The van der Waals surface area contributed by atoms with Gasteiger partial charge in [-0.3, -0.25) is 4.79 Å². The molecule has 0 radical (unpaired) electrons. The Kier molecular flexibility index (Phi) is 6.70. The SMILES string of the molecule is CCCCSC(C)C(=O)NCC(C)c1nc2ccccc2s1. The van der Waals surface area contributed by atoms with Gasteiger partial charge in [0.15, 0.2) is 0 Å². The zero-order valence-electron chi connectivity index (χ0n) is 13.5. The largest absolute Gasteiger partial charge is 0.354 e. The molecule has 1 aromatic carbocycles. The summed E-state index contributed by atoms with van der Waals surface area (Å²) in [6, 6.07) is 8.17. The minimum absolute atomic E-state index is 0.0223. The summed E-state index contributed by atoms with van der Waals surface area (Å²) in [6.07, 6.45) is 2.35. The minimum Gasteiger partial charge on any atom is -0.354 e. The topological polar surface area (TPSA) is 42.0 Å². The van der Waals surface area contributed by atoms with Crippen LogP contribution in [-0.2, 0) is 4.79 Å². The van der Waals surface area contributed by atoms with Gasteiger partial charge in [-0.05, 0) is 31.2 Å². The van der Waals surface area contributed by atoms with Crippen LogP contribution in [0.5, 0.6) is 0 Å². The second-order valence-corrected chi connectivity index (χ2v) is 8.04. The molecule has 0 bridgehead atoms. The number of fused-ring (bicyclic) bond motifs is 1.